The van der Waals surface area contributed by atoms with Crippen molar-refractivity contribution >= 4 is 11.9 Å². The number of aromatic carboxylic acids is 1. The predicted octanol–water partition coefficient (Wildman–Crippen LogP) is 3.17. The lowest BCUT2D eigenvalue weighted by Gasteiger charge is -2.37. The lowest BCUT2D eigenvalue weighted by molar-refractivity contribution is -0.0693. The van der Waals surface area contributed by atoms with Crippen LogP contribution in [0.3, 0.4) is 0 Å². The summed E-state index contributed by atoms with van der Waals surface area (Å²) in [7, 11) is 0. The molecule has 148 valence electrons. The number of rotatable bonds is 4. The molecule has 0 spiro atoms. The van der Waals surface area contributed by atoms with Gasteiger partial charge in [-0.3, -0.25) is 4.79 Å². The number of amides is 1. The second-order valence-corrected chi connectivity index (χ2v) is 7.02. The van der Waals surface area contributed by atoms with Crippen LogP contribution in [0.4, 0.5) is 0 Å². The van der Waals surface area contributed by atoms with E-state index in [-0.39, 0.29) is 29.5 Å². The number of nitrogens with zero attached hydrogens (tertiary/aromatic N) is 3. The van der Waals surface area contributed by atoms with Gasteiger partial charge in [-0.25, -0.2) is 9.48 Å². The van der Waals surface area contributed by atoms with Crippen LogP contribution >= 0.6 is 0 Å². The molecule has 0 aliphatic carbocycles. The normalized spacial score (nSPS) is 19.1. The number of benzene rings is 2. The van der Waals surface area contributed by atoms with Gasteiger partial charge in [-0.2, -0.15) is 5.10 Å². The minimum atomic E-state index is -1.17. The average Bonchev–Trinajstić information content (AvgIpc) is 3.20. The number of carbonyl (C=O) groups excluding carboxylic acids is 1. The van der Waals surface area contributed by atoms with Crippen LogP contribution in [-0.2, 0) is 4.74 Å². The highest BCUT2D eigenvalue weighted by Crippen LogP contribution is 2.26. The standard InChI is InChI=1S/C22H21N3O4/c1-15-13-24(14-20(29-15)16-8-4-2-5-9-16)21(26)19-12-18(22(27)28)23-25(19)17-10-6-3-7-11-17/h2-12,15,20H,13-14H2,1H3,(H,27,28)/t15-,20+/m1/s1. The number of carboxylic acids is 1. The van der Waals surface area contributed by atoms with Crippen molar-refractivity contribution in [2.75, 3.05) is 13.1 Å². The van der Waals surface area contributed by atoms with Crippen molar-refractivity contribution in [1.29, 1.82) is 0 Å². The quantitative estimate of drug-likeness (QED) is 0.738. The van der Waals surface area contributed by atoms with Crippen LogP contribution in [0.5, 0.6) is 0 Å². The first kappa shape index (κ1) is 18.9. The maximum Gasteiger partial charge on any atom is 0.356 e. The molecule has 1 N–H and O–H groups in total. The largest absolute Gasteiger partial charge is 0.476 e. The fraction of sp³-hybridized carbons (Fsp3) is 0.227. The van der Waals surface area contributed by atoms with Gasteiger partial charge in [0.15, 0.2) is 5.69 Å². The zero-order valence-electron chi connectivity index (χ0n) is 15.9. The average molecular weight is 391 g/mol. The highest BCUT2D eigenvalue weighted by Gasteiger charge is 2.32. The zero-order chi connectivity index (χ0) is 20.4. The highest BCUT2D eigenvalue weighted by atomic mass is 16.5. The minimum Gasteiger partial charge on any atom is -0.476 e. The van der Waals surface area contributed by atoms with Gasteiger partial charge in [0.05, 0.1) is 18.3 Å². The summed E-state index contributed by atoms with van der Waals surface area (Å²) >= 11 is 0. The molecule has 0 saturated carbocycles. The molecule has 2 atom stereocenters. The van der Waals surface area contributed by atoms with Crippen molar-refractivity contribution in [3.63, 3.8) is 0 Å². The molecule has 1 amide bonds. The van der Waals surface area contributed by atoms with Gasteiger partial charge in [0, 0.05) is 12.6 Å². The maximum absolute atomic E-state index is 13.4. The number of morpholine rings is 1. The van der Waals surface area contributed by atoms with Crippen molar-refractivity contribution in [3.05, 3.63) is 83.7 Å². The first-order chi connectivity index (χ1) is 14.0. The molecular weight excluding hydrogens is 370 g/mol. The van der Waals surface area contributed by atoms with Crippen LogP contribution in [-0.4, -0.2) is 50.9 Å². The Morgan fingerprint density at radius 2 is 1.69 bits per heavy atom. The van der Waals surface area contributed by atoms with E-state index in [2.05, 4.69) is 5.10 Å². The third kappa shape index (κ3) is 3.90. The SMILES string of the molecule is C[C@@H]1CN(C(=O)c2cc(C(=O)O)nn2-c2ccccc2)C[C@@H](c2ccccc2)O1. The second-order valence-electron chi connectivity index (χ2n) is 7.02. The Morgan fingerprint density at radius 1 is 1.03 bits per heavy atom. The summed E-state index contributed by atoms with van der Waals surface area (Å²) in [6.07, 6.45) is -0.388. The van der Waals surface area contributed by atoms with E-state index in [9.17, 15) is 14.7 Å². The fourth-order valence-electron chi connectivity index (χ4n) is 3.54. The van der Waals surface area contributed by atoms with E-state index >= 15 is 0 Å². The van der Waals surface area contributed by atoms with E-state index in [4.69, 9.17) is 4.74 Å². The third-order valence-electron chi connectivity index (χ3n) is 4.87. The molecule has 1 fully saturated rings. The van der Waals surface area contributed by atoms with Gasteiger partial charge in [0.2, 0.25) is 0 Å². The van der Waals surface area contributed by atoms with E-state index in [1.807, 2.05) is 55.5 Å². The summed E-state index contributed by atoms with van der Waals surface area (Å²) in [5.41, 5.74) is 1.68. The Balaban J connectivity index is 1.67. The molecule has 4 rings (SSSR count). The number of carboxylic acid groups (broad SMARTS) is 1. The molecule has 1 aliphatic rings. The van der Waals surface area contributed by atoms with Crippen LogP contribution in [0.1, 0.15) is 39.6 Å². The van der Waals surface area contributed by atoms with Gasteiger partial charge in [-0.05, 0) is 24.6 Å². The Kier molecular flexibility index (Phi) is 5.14. The van der Waals surface area contributed by atoms with Gasteiger partial charge >= 0.3 is 5.97 Å². The molecule has 0 unspecified atom stereocenters. The van der Waals surface area contributed by atoms with E-state index in [0.29, 0.717) is 18.8 Å². The predicted molar refractivity (Wildman–Crippen MR) is 106 cm³/mol. The van der Waals surface area contributed by atoms with Crippen LogP contribution in [0.25, 0.3) is 5.69 Å². The first-order valence-corrected chi connectivity index (χ1v) is 9.41. The fourth-order valence-corrected chi connectivity index (χ4v) is 3.54. The summed E-state index contributed by atoms with van der Waals surface area (Å²) in [5.74, 6) is -1.45. The maximum atomic E-state index is 13.4. The first-order valence-electron chi connectivity index (χ1n) is 9.41. The molecule has 2 aromatic carbocycles. The highest BCUT2D eigenvalue weighted by molar-refractivity contribution is 5.96. The summed E-state index contributed by atoms with van der Waals surface area (Å²) in [6, 6.07) is 20.1. The third-order valence-corrected chi connectivity index (χ3v) is 4.87. The molecule has 2 heterocycles. The molecule has 0 bridgehead atoms. The molecule has 29 heavy (non-hydrogen) atoms. The smallest absolute Gasteiger partial charge is 0.356 e. The van der Waals surface area contributed by atoms with Crippen molar-refractivity contribution < 1.29 is 19.4 Å². The Morgan fingerprint density at radius 3 is 2.34 bits per heavy atom. The monoisotopic (exact) mass is 391 g/mol. The summed E-state index contributed by atoms with van der Waals surface area (Å²) in [6.45, 7) is 2.73. The molecule has 3 aromatic rings. The Bertz CT molecular complexity index is 1020. The van der Waals surface area contributed by atoms with Gasteiger partial charge in [0.25, 0.3) is 5.91 Å². The Hall–Kier alpha value is -3.45. The van der Waals surface area contributed by atoms with E-state index in [0.717, 1.165) is 5.56 Å². The number of para-hydroxylation sites is 1. The molecule has 7 nitrogen and oxygen atoms in total. The molecule has 7 heteroatoms. The second kappa shape index (κ2) is 7.89. The minimum absolute atomic E-state index is 0.148. The summed E-state index contributed by atoms with van der Waals surface area (Å²) in [5, 5.41) is 13.5. The van der Waals surface area contributed by atoms with Crippen molar-refractivity contribution in [3.8, 4) is 5.69 Å². The number of aromatic nitrogens is 2. The van der Waals surface area contributed by atoms with Crippen LogP contribution in [0.2, 0.25) is 0 Å². The van der Waals surface area contributed by atoms with Crippen LogP contribution < -0.4 is 0 Å². The Labute approximate surface area is 168 Å². The topological polar surface area (TPSA) is 84.7 Å². The lowest BCUT2D eigenvalue weighted by atomic mass is 10.1. The van der Waals surface area contributed by atoms with E-state index in [1.54, 1.807) is 17.0 Å². The zero-order valence-corrected chi connectivity index (χ0v) is 15.9. The van der Waals surface area contributed by atoms with Crippen molar-refractivity contribution in [2.24, 2.45) is 0 Å². The van der Waals surface area contributed by atoms with Crippen molar-refractivity contribution in [2.45, 2.75) is 19.1 Å². The molecule has 1 aliphatic heterocycles. The number of hydrogen-bond acceptors (Lipinski definition) is 4. The van der Waals surface area contributed by atoms with Crippen LogP contribution in [0, 0.1) is 0 Å². The number of ether oxygens (including phenoxy) is 1. The summed E-state index contributed by atoms with van der Waals surface area (Å²) < 4.78 is 7.43. The van der Waals surface area contributed by atoms with E-state index in [1.165, 1.54) is 10.7 Å². The molecule has 1 saturated heterocycles. The van der Waals surface area contributed by atoms with Gasteiger partial charge in [-0.15, -0.1) is 0 Å². The van der Waals surface area contributed by atoms with E-state index < -0.39 is 5.97 Å². The lowest BCUT2D eigenvalue weighted by Crippen LogP contribution is -2.46. The molecule has 0 radical (unpaired) electrons. The molecule has 1 aromatic heterocycles. The van der Waals surface area contributed by atoms with Crippen molar-refractivity contribution in [1.82, 2.24) is 14.7 Å². The molecular formula is C22H21N3O4. The number of carbonyl (C=O) groups is 2. The van der Waals surface area contributed by atoms with Crippen LogP contribution in [0.15, 0.2) is 66.7 Å². The van der Waals surface area contributed by atoms with Gasteiger partial charge in [-0.1, -0.05) is 48.5 Å². The summed E-state index contributed by atoms with van der Waals surface area (Å²) in [4.78, 5) is 26.5. The number of hydrogen-bond donors (Lipinski definition) is 1. The van der Waals surface area contributed by atoms with Gasteiger partial charge in [0.1, 0.15) is 11.8 Å². The van der Waals surface area contributed by atoms with Gasteiger partial charge < -0.3 is 14.7 Å².